The molecule has 0 fully saturated rings. The highest BCUT2D eigenvalue weighted by molar-refractivity contribution is 9.09. The molecule has 0 spiro atoms. The highest BCUT2D eigenvalue weighted by Crippen LogP contribution is 2.62. The number of alkyl halides is 15. The summed E-state index contributed by atoms with van der Waals surface area (Å²) in [4.78, 5) is -6.34. The summed E-state index contributed by atoms with van der Waals surface area (Å²) in [5, 5.41) is 0.928. The fourth-order valence-corrected chi connectivity index (χ4v) is 4.99. The highest BCUT2D eigenvalue weighted by atomic mass is 79.9. The molecule has 0 atom stereocenters. The summed E-state index contributed by atoms with van der Waals surface area (Å²) in [7, 11) is 0. The fraction of sp³-hybridized carbons (Fsp3) is 0.733. The van der Waals surface area contributed by atoms with Gasteiger partial charge in [0.25, 0.3) is 0 Å². The zero-order valence-corrected chi connectivity index (χ0v) is 18.3. The van der Waals surface area contributed by atoms with Gasteiger partial charge in [0.15, 0.2) is 0 Å². The van der Waals surface area contributed by atoms with Crippen LogP contribution in [-0.4, -0.2) is 41.4 Å². The summed E-state index contributed by atoms with van der Waals surface area (Å²) in [5.41, 5.74) is 0. The Bertz CT molecular complexity index is 735. The van der Waals surface area contributed by atoms with Gasteiger partial charge in [-0.25, -0.2) is 0 Å². The molecule has 0 unspecified atom stereocenters. The smallest absolute Gasteiger partial charge is 0.193 e. The Morgan fingerprint density at radius 2 is 1.06 bits per heavy atom. The number of allylic oxidation sites excluding steroid dienone is 3. The predicted molar refractivity (Wildman–Crippen MR) is 94.5 cm³/mol. The quantitative estimate of drug-likeness (QED) is 0.147. The van der Waals surface area contributed by atoms with Crippen molar-refractivity contribution in [1.29, 1.82) is 0 Å². The summed E-state index contributed by atoms with van der Waals surface area (Å²) < 4.78 is 185. The zero-order valence-electron chi connectivity index (χ0n) is 15.1. The molecule has 0 N–H and O–H groups in total. The maximum Gasteiger partial charge on any atom is 0.460 e. The van der Waals surface area contributed by atoms with Crippen molar-refractivity contribution in [3.05, 3.63) is 20.1 Å². The summed E-state index contributed by atoms with van der Waals surface area (Å²) in [6.45, 7) is 0. The van der Waals surface area contributed by atoms with Crippen LogP contribution >= 0.6 is 39.5 Å². The number of halogens is 15. The van der Waals surface area contributed by atoms with Crippen LogP contribution < -0.4 is 0 Å². The molecule has 0 nitrogen and oxygen atoms in total. The van der Waals surface area contributed by atoms with Gasteiger partial charge in [0.2, 0.25) is 0 Å². The molecule has 188 valence electrons. The van der Waals surface area contributed by atoms with Gasteiger partial charge in [-0.15, -0.1) is 0 Å². The van der Waals surface area contributed by atoms with Crippen molar-refractivity contribution in [3.63, 3.8) is 0 Å². The van der Waals surface area contributed by atoms with Gasteiger partial charge in [-0.05, 0) is 29.6 Å². The monoisotopic (exact) mass is 600 g/mol. The topological polar surface area (TPSA) is 0 Å². The average molecular weight is 601 g/mol. The lowest BCUT2D eigenvalue weighted by Gasteiger charge is -2.36. The number of hydrogen-bond donors (Lipinski definition) is 0. The maximum atomic E-state index is 14.2. The average Bonchev–Trinajstić information content (AvgIpc) is 2.62. The van der Waals surface area contributed by atoms with Crippen LogP contribution in [0.4, 0.5) is 61.5 Å². The van der Waals surface area contributed by atoms with E-state index in [1.165, 1.54) is 0 Å². The SMILES string of the molecule is FC(F)(F)C(F)(F)C(F)(F)C1=C(C(F)(F)C(F)(F)C(F)(F)F)SC(CCCCCBr)=CS1. The van der Waals surface area contributed by atoms with Gasteiger partial charge < -0.3 is 0 Å². The van der Waals surface area contributed by atoms with E-state index in [-0.39, 0.29) is 12.8 Å². The van der Waals surface area contributed by atoms with E-state index >= 15 is 0 Å². The van der Waals surface area contributed by atoms with Crippen molar-refractivity contribution in [3.8, 4) is 0 Å². The Morgan fingerprint density at radius 3 is 1.47 bits per heavy atom. The van der Waals surface area contributed by atoms with Gasteiger partial charge in [-0.2, -0.15) is 61.5 Å². The first kappa shape index (κ1) is 29.7. The summed E-state index contributed by atoms with van der Waals surface area (Å²) >= 11 is 1.37. The molecule has 1 aliphatic heterocycles. The van der Waals surface area contributed by atoms with Gasteiger partial charge in [0, 0.05) is 5.33 Å². The Balaban J connectivity index is 3.60. The molecule has 0 saturated heterocycles. The number of thioether (sulfide) groups is 2. The third-order valence-corrected chi connectivity index (χ3v) is 7.06. The molecule has 0 amide bonds. The van der Waals surface area contributed by atoms with Crippen LogP contribution in [0.5, 0.6) is 0 Å². The molecular weight excluding hydrogens is 590 g/mol. The van der Waals surface area contributed by atoms with E-state index in [2.05, 4.69) is 15.9 Å². The van der Waals surface area contributed by atoms with E-state index in [4.69, 9.17) is 0 Å². The molecule has 0 bridgehead atoms. The Morgan fingerprint density at radius 1 is 0.625 bits per heavy atom. The zero-order chi connectivity index (χ0) is 25.4. The lowest BCUT2D eigenvalue weighted by molar-refractivity contribution is -0.347. The van der Waals surface area contributed by atoms with E-state index in [9.17, 15) is 61.5 Å². The van der Waals surface area contributed by atoms with Crippen LogP contribution in [0.2, 0.25) is 0 Å². The third kappa shape index (κ3) is 5.49. The molecule has 32 heavy (non-hydrogen) atoms. The van der Waals surface area contributed by atoms with Crippen molar-refractivity contribution in [2.45, 2.75) is 61.7 Å². The molecule has 17 heteroatoms. The Kier molecular flexibility index (Phi) is 9.04. The molecule has 1 heterocycles. The first-order valence-corrected chi connectivity index (χ1v) is 11.0. The minimum absolute atomic E-state index is 0.115. The molecule has 0 aromatic heterocycles. The van der Waals surface area contributed by atoms with Crippen LogP contribution in [0.3, 0.4) is 0 Å². The molecule has 0 aromatic rings. The molecular formula is C15H11BrF14S2. The van der Waals surface area contributed by atoms with Crippen LogP contribution in [0, 0.1) is 0 Å². The third-order valence-electron chi connectivity index (χ3n) is 3.88. The predicted octanol–water partition coefficient (Wildman–Crippen LogP) is 9.14. The standard InChI is InChI=1S/C15H11BrF14S2/c16-5-3-1-2-4-7-6-31-8(10(17,18)12(21,22)14(25,26)27)9(32-7)11(19,20)13(23,24)15(28,29)30/h6H,1-5H2. The molecule has 0 saturated carbocycles. The summed E-state index contributed by atoms with van der Waals surface area (Å²) in [5.74, 6) is -27.2. The lowest BCUT2D eigenvalue weighted by Crippen LogP contribution is -2.56. The molecule has 0 aliphatic carbocycles. The Hall–Kier alpha value is -0.320. The normalized spacial score (nSPS) is 17.7. The highest BCUT2D eigenvalue weighted by Gasteiger charge is 2.79. The van der Waals surface area contributed by atoms with Gasteiger partial charge >= 0.3 is 36.0 Å². The van der Waals surface area contributed by atoms with Crippen molar-refractivity contribution in [2.24, 2.45) is 0 Å². The summed E-state index contributed by atoms with van der Waals surface area (Å²) in [6.07, 6.45) is -13.4. The van der Waals surface area contributed by atoms with E-state index < -0.39 is 74.3 Å². The van der Waals surface area contributed by atoms with Crippen LogP contribution in [0.25, 0.3) is 0 Å². The largest absolute Gasteiger partial charge is 0.460 e. The van der Waals surface area contributed by atoms with E-state index in [0.29, 0.717) is 23.6 Å². The van der Waals surface area contributed by atoms with Crippen LogP contribution in [0.15, 0.2) is 20.1 Å². The molecule has 1 aliphatic rings. The van der Waals surface area contributed by atoms with Gasteiger partial charge in [-0.3, -0.25) is 0 Å². The molecule has 0 aromatic carbocycles. The lowest BCUT2D eigenvalue weighted by atomic mass is 10.1. The van der Waals surface area contributed by atoms with Gasteiger partial charge in [-0.1, -0.05) is 45.9 Å². The van der Waals surface area contributed by atoms with Crippen molar-refractivity contribution in [1.82, 2.24) is 0 Å². The molecule has 0 radical (unpaired) electrons. The first-order chi connectivity index (χ1) is 14.2. The second kappa shape index (κ2) is 9.74. The maximum absolute atomic E-state index is 14.2. The second-order valence-electron chi connectivity index (χ2n) is 6.26. The Labute approximate surface area is 188 Å². The van der Waals surface area contributed by atoms with E-state index in [1.807, 2.05) is 0 Å². The van der Waals surface area contributed by atoms with Crippen molar-refractivity contribution < 1.29 is 61.5 Å². The molecule has 1 rings (SSSR count). The van der Waals surface area contributed by atoms with E-state index in [1.54, 1.807) is 0 Å². The van der Waals surface area contributed by atoms with Crippen molar-refractivity contribution in [2.75, 3.05) is 5.33 Å². The minimum Gasteiger partial charge on any atom is -0.193 e. The van der Waals surface area contributed by atoms with Crippen LogP contribution in [-0.2, 0) is 0 Å². The fourth-order valence-electron chi connectivity index (χ4n) is 2.12. The number of unbranched alkanes of at least 4 members (excludes halogenated alkanes) is 2. The van der Waals surface area contributed by atoms with Crippen molar-refractivity contribution >= 4 is 39.5 Å². The van der Waals surface area contributed by atoms with E-state index in [0.717, 1.165) is 0 Å². The second-order valence-corrected chi connectivity index (χ2v) is 9.06. The summed E-state index contributed by atoms with van der Waals surface area (Å²) in [6, 6.07) is 0. The number of hydrogen-bond acceptors (Lipinski definition) is 2. The number of rotatable bonds is 9. The van der Waals surface area contributed by atoms with Gasteiger partial charge in [0.05, 0.1) is 9.81 Å². The first-order valence-electron chi connectivity index (χ1n) is 8.15. The van der Waals surface area contributed by atoms with Crippen LogP contribution in [0.1, 0.15) is 25.7 Å². The van der Waals surface area contributed by atoms with Gasteiger partial charge in [0.1, 0.15) is 0 Å². The minimum atomic E-state index is -7.05.